The van der Waals surface area contributed by atoms with Crippen molar-refractivity contribution >= 4 is 0 Å². The van der Waals surface area contributed by atoms with Crippen LogP contribution in [0.5, 0.6) is 0 Å². The third-order valence-corrected chi connectivity index (χ3v) is 2.11. The summed E-state index contributed by atoms with van der Waals surface area (Å²) >= 11 is 0. The van der Waals surface area contributed by atoms with Crippen LogP contribution in [0.1, 0.15) is 25.3 Å². The minimum absolute atomic E-state index is 1.10. The normalized spacial score (nSPS) is 9.75. The molecule has 0 amide bonds. The average molecular weight is 160 g/mol. The van der Waals surface area contributed by atoms with Crippen LogP contribution in [0.2, 0.25) is 0 Å². The SMILES string of the molecule is C=C(CC)CCc1ccccc1. The zero-order valence-electron chi connectivity index (χ0n) is 7.72. The molecule has 1 aromatic rings. The lowest BCUT2D eigenvalue weighted by Crippen LogP contribution is -1.86. The van der Waals surface area contributed by atoms with Gasteiger partial charge in [-0.05, 0) is 24.8 Å². The van der Waals surface area contributed by atoms with Gasteiger partial charge in [0.05, 0.1) is 0 Å². The van der Waals surface area contributed by atoms with Gasteiger partial charge in [0.15, 0.2) is 0 Å². The van der Waals surface area contributed by atoms with E-state index in [0.717, 1.165) is 19.3 Å². The van der Waals surface area contributed by atoms with Crippen molar-refractivity contribution < 1.29 is 0 Å². The molecule has 1 rings (SSSR count). The van der Waals surface area contributed by atoms with Crippen LogP contribution in [-0.4, -0.2) is 0 Å². The zero-order valence-corrected chi connectivity index (χ0v) is 7.72. The number of allylic oxidation sites excluding steroid dienone is 1. The van der Waals surface area contributed by atoms with Crippen LogP contribution < -0.4 is 0 Å². The van der Waals surface area contributed by atoms with Crippen LogP contribution in [0.25, 0.3) is 0 Å². The predicted octanol–water partition coefficient (Wildman–Crippen LogP) is 3.59. The Hall–Kier alpha value is -1.04. The summed E-state index contributed by atoms with van der Waals surface area (Å²) in [6.45, 7) is 6.15. The number of rotatable bonds is 4. The van der Waals surface area contributed by atoms with Gasteiger partial charge in [0, 0.05) is 0 Å². The molecule has 0 aliphatic rings. The molecule has 0 bridgehead atoms. The second-order valence-corrected chi connectivity index (χ2v) is 3.09. The summed E-state index contributed by atoms with van der Waals surface area (Å²) in [4.78, 5) is 0. The molecule has 0 fully saturated rings. The molecule has 0 unspecified atom stereocenters. The Morgan fingerprint density at radius 3 is 2.50 bits per heavy atom. The van der Waals surface area contributed by atoms with Gasteiger partial charge in [-0.1, -0.05) is 49.4 Å². The van der Waals surface area contributed by atoms with Crippen molar-refractivity contribution in [1.29, 1.82) is 0 Å². The fourth-order valence-corrected chi connectivity index (χ4v) is 1.14. The monoisotopic (exact) mass is 160 g/mol. The largest absolute Gasteiger partial charge is 0.0999 e. The fourth-order valence-electron chi connectivity index (χ4n) is 1.14. The molecule has 0 saturated heterocycles. The van der Waals surface area contributed by atoms with Gasteiger partial charge in [-0.15, -0.1) is 0 Å². The maximum absolute atomic E-state index is 3.99. The van der Waals surface area contributed by atoms with Crippen LogP contribution in [0.4, 0.5) is 0 Å². The number of hydrogen-bond donors (Lipinski definition) is 0. The molecule has 0 heterocycles. The van der Waals surface area contributed by atoms with Crippen molar-refractivity contribution in [2.75, 3.05) is 0 Å². The number of benzene rings is 1. The first-order valence-electron chi connectivity index (χ1n) is 4.53. The molecule has 0 spiro atoms. The van der Waals surface area contributed by atoms with Crippen molar-refractivity contribution in [3.63, 3.8) is 0 Å². The van der Waals surface area contributed by atoms with E-state index in [2.05, 4.69) is 43.8 Å². The average Bonchev–Trinajstić information content (AvgIpc) is 2.16. The summed E-state index contributed by atoms with van der Waals surface area (Å²) in [5.74, 6) is 0. The van der Waals surface area contributed by atoms with Crippen LogP contribution in [0.15, 0.2) is 42.5 Å². The van der Waals surface area contributed by atoms with Crippen molar-refractivity contribution in [1.82, 2.24) is 0 Å². The highest BCUT2D eigenvalue weighted by atomic mass is 14.0. The highest BCUT2D eigenvalue weighted by Crippen LogP contribution is 2.09. The second kappa shape index (κ2) is 4.76. The molecule has 0 nitrogen and oxygen atoms in total. The molecule has 0 atom stereocenters. The standard InChI is InChI=1S/C12H16/c1-3-11(2)9-10-12-7-5-4-6-8-12/h4-8H,2-3,9-10H2,1H3. The first kappa shape index (κ1) is 9.05. The molecule has 12 heavy (non-hydrogen) atoms. The van der Waals surface area contributed by atoms with Crippen molar-refractivity contribution in [2.45, 2.75) is 26.2 Å². The minimum atomic E-state index is 1.10. The molecular formula is C12H16. The lowest BCUT2D eigenvalue weighted by Gasteiger charge is -2.01. The van der Waals surface area contributed by atoms with Gasteiger partial charge < -0.3 is 0 Å². The Kier molecular flexibility index (Phi) is 3.59. The van der Waals surface area contributed by atoms with E-state index in [4.69, 9.17) is 0 Å². The summed E-state index contributed by atoms with van der Waals surface area (Å²) in [5, 5.41) is 0. The Morgan fingerprint density at radius 2 is 1.92 bits per heavy atom. The molecular weight excluding hydrogens is 144 g/mol. The molecule has 0 aliphatic carbocycles. The van der Waals surface area contributed by atoms with E-state index in [0.29, 0.717) is 0 Å². The molecule has 64 valence electrons. The van der Waals surface area contributed by atoms with Crippen molar-refractivity contribution in [3.8, 4) is 0 Å². The summed E-state index contributed by atoms with van der Waals surface area (Å²) in [7, 11) is 0. The van der Waals surface area contributed by atoms with Gasteiger partial charge in [0.25, 0.3) is 0 Å². The molecule has 0 radical (unpaired) electrons. The van der Waals surface area contributed by atoms with E-state index in [1.807, 2.05) is 0 Å². The topological polar surface area (TPSA) is 0 Å². The lowest BCUT2D eigenvalue weighted by molar-refractivity contribution is 0.890. The summed E-state index contributed by atoms with van der Waals surface area (Å²) in [5.41, 5.74) is 2.76. The fraction of sp³-hybridized carbons (Fsp3) is 0.333. The van der Waals surface area contributed by atoms with Crippen molar-refractivity contribution in [2.24, 2.45) is 0 Å². The Morgan fingerprint density at radius 1 is 1.25 bits per heavy atom. The maximum Gasteiger partial charge on any atom is -0.0242 e. The number of aryl methyl sites for hydroxylation is 1. The van der Waals surface area contributed by atoms with Crippen LogP contribution >= 0.6 is 0 Å². The molecule has 0 N–H and O–H groups in total. The van der Waals surface area contributed by atoms with Crippen LogP contribution in [0, 0.1) is 0 Å². The first-order valence-corrected chi connectivity index (χ1v) is 4.53. The van der Waals surface area contributed by atoms with Crippen LogP contribution in [0.3, 0.4) is 0 Å². The highest BCUT2D eigenvalue weighted by molar-refractivity contribution is 5.16. The molecule has 1 aromatic carbocycles. The predicted molar refractivity (Wildman–Crippen MR) is 54.2 cm³/mol. The third-order valence-electron chi connectivity index (χ3n) is 2.11. The molecule has 0 aliphatic heterocycles. The molecule has 0 heteroatoms. The smallest absolute Gasteiger partial charge is 0.0242 e. The molecule has 0 saturated carbocycles. The summed E-state index contributed by atoms with van der Waals surface area (Å²) < 4.78 is 0. The van der Waals surface area contributed by atoms with Gasteiger partial charge in [0.1, 0.15) is 0 Å². The minimum Gasteiger partial charge on any atom is -0.0999 e. The quantitative estimate of drug-likeness (QED) is 0.590. The van der Waals surface area contributed by atoms with E-state index in [1.165, 1.54) is 11.1 Å². The Balaban J connectivity index is 2.38. The molecule has 0 aromatic heterocycles. The van der Waals surface area contributed by atoms with Crippen molar-refractivity contribution in [3.05, 3.63) is 48.0 Å². The van der Waals surface area contributed by atoms with Gasteiger partial charge >= 0.3 is 0 Å². The van der Waals surface area contributed by atoms with E-state index in [1.54, 1.807) is 0 Å². The van der Waals surface area contributed by atoms with E-state index in [-0.39, 0.29) is 0 Å². The lowest BCUT2D eigenvalue weighted by atomic mass is 10.0. The second-order valence-electron chi connectivity index (χ2n) is 3.09. The first-order chi connectivity index (χ1) is 5.83. The zero-order chi connectivity index (χ0) is 8.81. The van der Waals surface area contributed by atoms with Crippen LogP contribution in [-0.2, 0) is 6.42 Å². The summed E-state index contributed by atoms with van der Waals surface area (Å²) in [6, 6.07) is 10.6. The Bertz CT molecular complexity index is 233. The highest BCUT2D eigenvalue weighted by Gasteiger charge is 1.93. The van der Waals surface area contributed by atoms with E-state index < -0.39 is 0 Å². The van der Waals surface area contributed by atoms with Gasteiger partial charge in [-0.3, -0.25) is 0 Å². The van der Waals surface area contributed by atoms with Gasteiger partial charge in [0.2, 0.25) is 0 Å². The van der Waals surface area contributed by atoms with E-state index in [9.17, 15) is 0 Å². The van der Waals surface area contributed by atoms with Gasteiger partial charge in [-0.25, -0.2) is 0 Å². The van der Waals surface area contributed by atoms with Gasteiger partial charge in [-0.2, -0.15) is 0 Å². The number of hydrogen-bond acceptors (Lipinski definition) is 0. The maximum atomic E-state index is 3.99. The summed E-state index contributed by atoms with van der Waals surface area (Å²) in [6.07, 6.45) is 3.36. The Labute approximate surface area is 74.9 Å². The third kappa shape index (κ3) is 2.91. The van der Waals surface area contributed by atoms with E-state index >= 15 is 0 Å².